The first-order valence-corrected chi connectivity index (χ1v) is 8.86. The number of carbonyl (C=O) groups excluding carboxylic acids is 1. The van der Waals surface area contributed by atoms with E-state index in [9.17, 15) is 4.79 Å². The first-order valence-electron chi connectivity index (χ1n) is 8.86. The zero-order valence-electron chi connectivity index (χ0n) is 14.7. The minimum Gasteiger partial charge on any atom is -0.373 e. The molecule has 2 heterocycles. The van der Waals surface area contributed by atoms with Crippen LogP contribution >= 0.6 is 0 Å². The molecular formula is C16H28N6O2. The second kappa shape index (κ2) is 7.14. The second-order valence-corrected chi connectivity index (χ2v) is 7.60. The Bertz CT molecular complexity index is 539. The molecule has 0 unspecified atom stereocenters. The number of ether oxygens (including phenoxy) is 1. The Labute approximate surface area is 142 Å². The topological polar surface area (TPSA) is 85.2 Å². The summed E-state index contributed by atoms with van der Waals surface area (Å²) in [6.45, 7) is 7.75. The fraction of sp³-hybridized carbons (Fsp3) is 0.875. The van der Waals surface area contributed by atoms with Gasteiger partial charge in [-0.1, -0.05) is 19.3 Å². The molecule has 24 heavy (non-hydrogen) atoms. The summed E-state index contributed by atoms with van der Waals surface area (Å²) in [7, 11) is 0. The zero-order valence-corrected chi connectivity index (χ0v) is 14.7. The Morgan fingerprint density at radius 3 is 2.75 bits per heavy atom. The van der Waals surface area contributed by atoms with Crippen molar-refractivity contribution in [2.75, 3.05) is 26.2 Å². The lowest BCUT2D eigenvalue weighted by Gasteiger charge is -2.51. The van der Waals surface area contributed by atoms with Gasteiger partial charge in [0.25, 0.3) is 0 Å². The van der Waals surface area contributed by atoms with Crippen LogP contribution < -0.4 is 5.32 Å². The Morgan fingerprint density at radius 1 is 1.29 bits per heavy atom. The smallest absolute Gasteiger partial charge is 0.241 e. The van der Waals surface area contributed by atoms with E-state index in [1.165, 1.54) is 30.3 Å². The number of hydrogen-bond donors (Lipinski definition) is 1. The van der Waals surface area contributed by atoms with Gasteiger partial charge in [-0.25, -0.2) is 4.68 Å². The Balaban J connectivity index is 1.63. The molecule has 0 radical (unpaired) electrons. The number of amides is 1. The summed E-state index contributed by atoms with van der Waals surface area (Å²) in [5.74, 6) is -0.0419. The molecule has 2 aliphatic rings. The van der Waals surface area contributed by atoms with Gasteiger partial charge in [0.2, 0.25) is 5.91 Å². The van der Waals surface area contributed by atoms with E-state index in [2.05, 4.69) is 39.6 Å². The maximum absolute atomic E-state index is 12.2. The Kier molecular flexibility index (Phi) is 5.15. The van der Waals surface area contributed by atoms with Crippen LogP contribution in [-0.4, -0.2) is 68.4 Å². The number of rotatable bonds is 5. The number of hydrogen-bond acceptors (Lipinski definition) is 6. The first kappa shape index (κ1) is 17.3. The molecule has 8 heteroatoms. The highest BCUT2D eigenvalue weighted by molar-refractivity contribution is 5.75. The van der Waals surface area contributed by atoms with Gasteiger partial charge in [0.15, 0.2) is 0 Å². The third-order valence-electron chi connectivity index (χ3n) is 5.19. The Hall–Kier alpha value is -1.54. The van der Waals surface area contributed by atoms with Gasteiger partial charge in [-0.2, -0.15) is 0 Å². The predicted molar refractivity (Wildman–Crippen MR) is 88.2 cm³/mol. The molecular weight excluding hydrogens is 308 g/mol. The normalized spacial score (nSPS) is 23.8. The highest BCUT2D eigenvalue weighted by atomic mass is 16.5. The van der Waals surface area contributed by atoms with Gasteiger partial charge in [0, 0.05) is 25.2 Å². The van der Waals surface area contributed by atoms with E-state index in [4.69, 9.17) is 4.74 Å². The SMILES string of the molecule is CC1(C)CN(C2(CNC(=O)Cn3cnnn3)CCCCC2)CCO1. The van der Waals surface area contributed by atoms with Crippen LogP contribution in [0.25, 0.3) is 0 Å². The molecule has 0 atom stereocenters. The summed E-state index contributed by atoms with van der Waals surface area (Å²) >= 11 is 0. The molecule has 1 aromatic rings. The number of carbonyl (C=O) groups is 1. The van der Waals surface area contributed by atoms with Gasteiger partial charge in [-0.3, -0.25) is 9.69 Å². The number of aromatic nitrogens is 4. The quantitative estimate of drug-likeness (QED) is 0.848. The molecule has 1 aromatic heterocycles. The molecule has 3 rings (SSSR count). The molecule has 8 nitrogen and oxygen atoms in total. The van der Waals surface area contributed by atoms with Crippen LogP contribution in [0, 0.1) is 0 Å². The summed E-state index contributed by atoms with van der Waals surface area (Å²) < 4.78 is 7.32. The molecule has 1 aliphatic heterocycles. The average Bonchev–Trinajstić information content (AvgIpc) is 3.06. The second-order valence-electron chi connectivity index (χ2n) is 7.60. The summed E-state index contributed by atoms with van der Waals surface area (Å²) in [4.78, 5) is 14.8. The van der Waals surface area contributed by atoms with Crippen LogP contribution in [0.5, 0.6) is 0 Å². The number of nitrogens with one attached hydrogen (secondary N) is 1. The van der Waals surface area contributed by atoms with E-state index >= 15 is 0 Å². The third kappa shape index (κ3) is 4.10. The van der Waals surface area contributed by atoms with Crippen LogP contribution in [0.15, 0.2) is 6.33 Å². The zero-order chi connectivity index (χ0) is 17.0. The van der Waals surface area contributed by atoms with Gasteiger partial charge in [-0.05, 0) is 37.1 Å². The van der Waals surface area contributed by atoms with Crippen molar-refractivity contribution < 1.29 is 9.53 Å². The molecule has 0 bridgehead atoms. The fourth-order valence-electron chi connectivity index (χ4n) is 3.95. The summed E-state index contributed by atoms with van der Waals surface area (Å²) in [6, 6.07) is 0. The van der Waals surface area contributed by atoms with Crippen molar-refractivity contribution in [3.05, 3.63) is 6.33 Å². The summed E-state index contributed by atoms with van der Waals surface area (Å²) in [6.07, 6.45) is 7.46. The summed E-state index contributed by atoms with van der Waals surface area (Å²) in [5.41, 5.74) is -0.0747. The highest BCUT2D eigenvalue weighted by Crippen LogP contribution is 2.35. The van der Waals surface area contributed by atoms with E-state index < -0.39 is 0 Å². The van der Waals surface area contributed by atoms with E-state index in [1.54, 1.807) is 0 Å². The van der Waals surface area contributed by atoms with E-state index in [1.807, 2.05) is 0 Å². The molecule has 0 aromatic carbocycles. The van der Waals surface area contributed by atoms with Gasteiger partial charge in [0.05, 0.1) is 12.2 Å². The molecule has 2 fully saturated rings. The number of tetrazole rings is 1. The largest absolute Gasteiger partial charge is 0.373 e. The van der Waals surface area contributed by atoms with Crippen molar-refractivity contribution in [1.82, 2.24) is 30.4 Å². The van der Waals surface area contributed by atoms with Gasteiger partial charge < -0.3 is 10.1 Å². The van der Waals surface area contributed by atoms with Crippen LogP contribution in [-0.2, 0) is 16.1 Å². The van der Waals surface area contributed by atoms with Crippen LogP contribution in [0.1, 0.15) is 46.0 Å². The van der Waals surface area contributed by atoms with Crippen molar-refractivity contribution in [3.8, 4) is 0 Å². The van der Waals surface area contributed by atoms with Gasteiger partial charge in [0.1, 0.15) is 12.9 Å². The van der Waals surface area contributed by atoms with Crippen LogP contribution in [0.3, 0.4) is 0 Å². The van der Waals surface area contributed by atoms with Crippen molar-refractivity contribution in [2.45, 2.75) is 63.6 Å². The maximum atomic E-state index is 12.2. The number of nitrogens with zero attached hydrogens (tertiary/aromatic N) is 5. The fourth-order valence-corrected chi connectivity index (χ4v) is 3.95. The lowest BCUT2D eigenvalue weighted by atomic mass is 9.79. The summed E-state index contributed by atoms with van der Waals surface area (Å²) in [5, 5.41) is 14.0. The van der Waals surface area contributed by atoms with E-state index in [0.717, 1.165) is 32.5 Å². The van der Waals surface area contributed by atoms with Crippen molar-refractivity contribution in [2.24, 2.45) is 0 Å². The average molecular weight is 336 g/mol. The van der Waals surface area contributed by atoms with Crippen molar-refractivity contribution in [1.29, 1.82) is 0 Å². The minimum absolute atomic E-state index is 0.0419. The molecule has 1 amide bonds. The van der Waals surface area contributed by atoms with Crippen molar-refractivity contribution in [3.63, 3.8) is 0 Å². The lowest BCUT2D eigenvalue weighted by Crippen LogP contribution is -2.63. The van der Waals surface area contributed by atoms with Crippen LogP contribution in [0.2, 0.25) is 0 Å². The molecule has 134 valence electrons. The predicted octanol–water partition coefficient (Wildman–Crippen LogP) is 0.603. The first-order chi connectivity index (χ1) is 11.5. The number of morpholine rings is 1. The highest BCUT2D eigenvalue weighted by Gasteiger charge is 2.42. The van der Waals surface area contributed by atoms with E-state index in [0.29, 0.717) is 6.54 Å². The standard InChI is InChI=1S/C16H28N6O2/c1-15(2)12-21(8-9-24-15)16(6-4-3-5-7-16)11-17-14(23)10-22-13-18-19-20-22/h13H,3-12H2,1-2H3,(H,17,23). The minimum atomic E-state index is -0.126. The molecule has 0 spiro atoms. The monoisotopic (exact) mass is 336 g/mol. The lowest BCUT2D eigenvalue weighted by molar-refractivity contribution is -0.129. The van der Waals surface area contributed by atoms with Crippen LogP contribution in [0.4, 0.5) is 0 Å². The molecule has 1 saturated carbocycles. The maximum Gasteiger partial charge on any atom is 0.241 e. The molecule has 1 saturated heterocycles. The molecule has 1 N–H and O–H groups in total. The Morgan fingerprint density at radius 2 is 2.08 bits per heavy atom. The van der Waals surface area contributed by atoms with Gasteiger partial charge >= 0.3 is 0 Å². The third-order valence-corrected chi connectivity index (χ3v) is 5.19. The van der Waals surface area contributed by atoms with Crippen molar-refractivity contribution >= 4 is 5.91 Å². The van der Waals surface area contributed by atoms with Gasteiger partial charge in [-0.15, -0.1) is 5.10 Å². The van der Waals surface area contributed by atoms with E-state index in [-0.39, 0.29) is 23.6 Å². The molecule has 1 aliphatic carbocycles.